The molecule has 0 saturated carbocycles. The molecule has 2 amide bonds. The molecule has 0 bridgehead atoms. The summed E-state index contributed by atoms with van der Waals surface area (Å²) in [5.74, 6) is -0.499. The third-order valence-corrected chi connectivity index (χ3v) is 3.52. The van der Waals surface area contributed by atoms with E-state index < -0.39 is 0 Å². The third kappa shape index (κ3) is 3.35. The van der Waals surface area contributed by atoms with Gasteiger partial charge >= 0.3 is 0 Å². The number of halogens is 1. The van der Waals surface area contributed by atoms with E-state index in [0.29, 0.717) is 24.2 Å². The highest BCUT2D eigenvalue weighted by Crippen LogP contribution is 2.16. The Kier molecular flexibility index (Phi) is 4.37. The Bertz CT molecular complexity index is 531. The zero-order valence-corrected chi connectivity index (χ0v) is 11.8. The van der Waals surface area contributed by atoms with Crippen molar-refractivity contribution >= 4 is 11.8 Å². The zero-order chi connectivity index (χ0) is 14.7. The molecule has 1 aromatic rings. The normalized spacial score (nSPS) is 18.8. The van der Waals surface area contributed by atoms with E-state index in [1.807, 2.05) is 0 Å². The Morgan fingerprint density at radius 3 is 2.80 bits per heavy atom. The summed E-state index contributed by atoms with van der Waals surface area (Å²) >= 11 is 0. The molecule has 0 spiro atoms. The number of nitrogens with zero attached hydrogens (tertiary/aromatic N) is 1. The molecule has 1 atom stereocenters. The lowest BCUT2D eigenvalue weighted by Gasteiger charge is -2.33. The number of nitrogens with one attached hydrogen (secondary N) is 1. The van der Waals surface area contributed by atoms with Crippen molar-refractivity contribution in [1.82, 2.24) is 10.2 Å². The minimum atomic E-state index is -0.309. The van der Waals surface area contributed by atoms with Gasteiger partial charge in [0.15, 0.2) is 0 Å². The van der Waals surface area contributed by atoms with Crippen molar-refractivity contribution in [3.63, 3.8) is 0 Å². The number of rotatable bonds is 2. The molecular weight excluding hydrogens is 259 g/mol. The molecule has 108 valence electrons. The van der Waals surface area contributed by atoms with E-state index in [1.54, 1.807) is 17.9 Å². The van der Waals surface area contributed by atoms with Crippen molar-refractivity contribution < 1.29 is 14.0 Å². The molecule has 1 fully saturated rings. The van der Waals surface area contributed by atoms with E-state index in [4.69, 9.17) is 0 Å². The van der Waals surface area contributed by atoms with Crippen LogP contribution in [0.15, 0.2) is 18.2 Å². The smallest absolute Gasteiger partial charge is 0.253 e. The number of carbonyl (C=O) groups is 2. The van der Waals surface area contributed by atoms with E-state index in [0.717, 1.165) is 12.8 Å². The lowest BCUT2D eigenvalue weighted by Crippen LogP contribution is -2.49. The van der Waals surface area contributed by atoms with Gasteiger partial charge in [-0.05, 0) is 43.5 Å². The fraction of sp³-hybridized carbons (Fsp3) is 0.467. The summed E-state index contributed by atoms with van der Waals surface area (Å²) < 4.78 is 13.2. The van der Waals surface area contributed by atoms with Gasteiger partial charge in [0.1, 0.15) is 5.82 Å². The molecule has 5 heteroatoms. The minimum absolute atomic E-state index is 0.00625. The summed E-state index contributed by atoms with van der Waals surface area (Å²) in [4.78, 5) is 25.2. The van der Waals surface area contributed by atoms with Gasteiger partial charge in [-0.3, -0.25) is 9.59 Å². The van der Waals surface area contributed by atoms with E-state index in [1.165, 1.54) is 19.1 Å². The number of piperidine rings is 1. The highest BCUT2D eigenvalue weighted by Gasteiger charge is 2.25. The first-order valence-corrected chi connectivity index (χ1v) is 6.80. The summed E-state index contributed by atoms with van der Waals surface area (Å²) in [6, 6.07) is 4.40. The van der Waals surface area contributed by atoms with Crippen LogP contribution in [0.5, 0.6) is 0 Å². The van der Waals surface area contributed by atoms with Gasteiger partial charge in [0.05, 0.1) is 0 Å². The number of likely N-dealkylation sites (tertiary alicyclic amines) is 1. The van der Waals surface area contributed by atoms with Gasteiger partial charge in [0.2, 0.25) is 5.91 Å². The number of hydrogen-bond acceptors (Lipinski definition) is 2. The summed E-state index contributed by atoms with van der Waals surface area (Å²) in [7, 11) is 0. The molecule has 1 N–H and O–H groups in total. The molecule has 1 saturated heterocycles. The number of hydrogen-bond donors (Lipinski definition) is 1. The first kappa shape index (κ1) is 14.5. The van der Waals surface area contributed by atoms with Crippen LogP contribution in [0, 0.1) is 12.7 Å². The molecule has 20 heavy (non-hydrogen) atoms. The van der Waals surface area contributed by atoms with Crippen LogP contribution in [-0.4, -0.2) is 35.8 Å². The first-order chi connectivity index (χ1) is 9.47. The second-order valence-corrected chi connectivity index (χ2v) is 5.25. The average molecular weight is 278 g/mol. The van der Waals surface area contributed by atoms with Crippen LogP contribution in [0.2, 0.25) is 0 Å². The van der Waals surface area contributed by atoms with Crippen LogP contribution in [0.25, 0.3) is 0 Å². The molecule has 1 heterocycles. The van der Waals surface area contributed by atoms with Crippen LogP contribution < -0.4 is 5.32 Å². The van der Waals surface area contributed by atoms with Gasteiger partial charge in [-0.2, -0.15) is 0 Å². The lowest BCUT2D eigenvalue weighted by atomic mass is 10.0. The summed E-state index contributed by atoms with van der Waals surface area (Å²) in [5, 5.41) is 2.85. The average Bonchev–Trinajstić information content (AvgIpc) is 2.40. The Morgan fingerprint density at radius 2 is 2.15 bits per heavy atom. The quantitative estimate of drug-likeness (QED) is 0.898. The summed E-state index contributed by atoms with van der Waals surface area (Å²) in [5.41, 5.74) is 0.957. The van der Waals surface area contributed by atoms with Crippen LogP contribution >= 0.6 is 0 Å². The molecule has 2 rings (SSSR count). The van der Waals surface area contributed by atoms with Crippen molar-refractivity contribution in [2.75, 3.05) is 13.1 Å². The summed E-state index contributed by atoms with van der Waals surface area (Å²) in [6.07, 6.45) is 1.74. The second-order valence-electron chi connectivity index (χ2n) is 5.25. The van der Waals surface area contributed by atoms with Crippen LogP contribution in [0.4, 0.5) is 4.39 Å². The molecule has 1 aliphatic rings. The maximum Gasteiger partial charge on any atom is 0.253 e. The Balaban J connectivity index is 2.08. The van der Waals surface area contributed by atoms with Crippen molar-refractivity contribution in [3.8, 4) is 0 Å². The fourth-order valence-electron chi connectivity index (χ4n) is 2.53. The Morgan fingerprint density at radius 1 is 1.40 bits per heavy atom. The van der Waals surface area contributed by atoms with E-state index in [-0.39, 0.29) is 23.7 Å². The topological polar surface area (TPSA) is 49.4 Å². The molecule has 1 unspecified atom stereocenters. The first-order valence-electron chi connectivity index (χ1n) is 6.80. The van der Waals surface area contributed by atoms with Gasteiger partial charge in [-0.25, -0.2) is 4.39 Å². The van der Waals surface area contributed by atoms with Crippen molar-refractivity contribution in [3.05, 3.63) is 35.1 Å². The number of benzene rings is 1. The van der Waals surface area contributed by atoms with E-state index >= 15 is 0 Å². The Labute approximate surface area is 118 Å². The zero-order valence-electron chi connectivity index (χ0n) is 11.8. The van der Waals surface area contributed by atoms with Crippen molar-refractivity contribution in [1.29, 1.82) is 0 Å². The molecule has 0 aromatic heterocycles. The maximum absolute atomic E-state index is 13.2. The number of carbonyl (C=O) groups excluding carboxylic acids is 2. The molecular formula is C15H19FN2O2. The van der Waals surface area contributed by atoms with Gasteiger partial charge in [-0.1, -0.05) is 0 Å². The van der Waals surface area contributed by atoms with Gasteiger partial charge in [-0.15, -0.1) is 0 Å². The van der Waals surface area contributed by atoms with Crippen LogP contribution in [0.1, 0.15) is 35.7 Å². The van der Waals surface area contributed by atoms with Gasteiger partial charge in [0, 0.05) is 31.6 Å². The SMILES string of the molecule is CC(=O)NC1CCCN(C(=O)c2ccc(F)c(C)c2)C1. The monoisotopic (exact) mass is 278 g/mol. The minimum Gasteiger partial charge on any atom is -0.352 e. The van der Waals surface area contributed by atoms with E-state index in [9.17, 15) is 14.0 Å². The largest absolute Gasteiger partial charge is 0.352 e. The predicted octanol–water partition coefficient (Wildman–Crippen LogP) is 1.87. The van der Waals surface area contributed by atoms with Crippen molar-refractivity contribution in [2.24, 2.45) is 0 Å². The second kappa shape index (κ2) is 6.03. The lowest BCUT2D eigenvalue weighted by molar-refractivity contribution is -0.120. The van der Waals surface area contributed by atoms with E-state index in [2.05, 4.69) is 5.32 Å². The number of amides is 2. The maximum atomic E-state index is 13.2. The molecule has 0 aliphatic carbocycles. The van der Waals surface area contributed by atoms with Gasteiger partial charge < -0.3 is 10.2 Å². The van der Waals surface area contributed by atoms with Crippen molar-refractivity contribution in [2.45, 2.75) is 32.7 Å². The fourth-order valence-corrected chi connectivity index (χ4v) is 2.53. The highest BCUT2D eigenvalue weighted by molar-refractivity contribution is 5.94. The molecule has 1 aromatic carbocycles. The predicted molar refractivity (Wildman–Crippen MR) is 73.9 cm³/mol. The highest BCUT2D eigenvalue weighted by atomic mass is 19.1. The molecule has 0 radical (unpaired) electrons. The number of aryl methyl sites for hydroxylation is 1. The molecule has 4 nitrogen and oxygen atoms in total. The van der Waals surface area contributed by atoms with Gasteiger partial charge in [0.25, 0.3) is 5.91 Å². The van der Waals surface area contributed by atoms with Crippen LogP contribution in [0.3, 0.4) is 0 Å². The third-order valence-electron chi connectivity index (χ3n) is 3.52. The standard InChI is InChI=1S/C15H19FN2O2/c1-10-8-12(5-6-14(10)16)15(20)18-7-3-4-13(9-18)17-11(2)19/h5-6,8,13H,3-4,7,9H2,1-2H3,(H,17,19). The summed E-state index contributed by atoms with van der Waals surface area (Å²) in [6.45, 7) is 4.30. The van der Waals surface area contributed by atoms with Crippen LogP contribution in [-0.2, 0) is 4.79 Å². The molecule has 1 aliphatic heterocycles. The Hall–Kier alpha value is -1.91.